The molecule has 1 aliphatic heterocycles. The van der Waals surface area contributed by atoms with E-state index in [-0.39, 0.29) is 12.3 Å². The SMILES string of the molecule is C=CCN1CC(OC(=O)O)CC1=O. The van der Waals surface area contributed by atoms with E-state index in [2.05, 4.69) is 11.3 Å². The average Bonchev–Trinajstić information content (AvgIpc) is 2.31. The summed E-state index contributed by atoms with van der Waals surface area (Å²) in [4.78, 5) is 22.8. The van der Waals surface area contributed by atoms with Crippen LogP contribution in [0.25, 0.3) is 0 Å². The Hall–Kier alpha value is -1.52. The third-order valence-corrected chi connectivity index (χ3v) is 1.80. The molecule has 72 valence electrons. The van der Waals surface area contributed by atoms with E-state index in [4.69, 9.17) is 5.11 Å². The minimum Gasteiger partial charge on any atom is -0.450 e. The first-order valence-electron chi connectivity index (χ1n) is 3.91. The Morgan fingerprint density at radius 2 is 2.54 bits per heavy atom. The van der Waals surface area contributed by atoms with Crippen LogP contribution in [0.15, 0.2) is 12.7 Å². The van der Waals surface area contributed by atoms with Gasteiger partial charge in [-0.05, 0) is 0 Å². The van der Waals surface area contributed by atoms with E-state index < -0.39 is 12.3 Å². The molecule has 1 heterocycles. The second kappa shape index (κ2) is 3.93. The molecule has 0 radical (unpaired) electrons. The van der Waals surface area contributed by atoms with Crippen molar-refractivity contribution in [2.24, 2.45) is 0 Å². The van der Waals surface area contributed by atoms with Gasteiger partial charge >= 0.3 is 6.16 Å². The summed E-state index contributed by atoms with van der Waals surface area (Å²) < 4.78 is 4.48. The van der Waals surface area contributed by atoms with Gasteiger partial charge in [0.25, 0.3) is 0 Å². The lowest BCUT2D eigenvalue weighted by Crippen LogP contribution is -2.26. The Bertz CT molecular complexity index is 238. The van der Waals surface area contributed by atoms with E-state index in [1.54, 1.807) is 6.08 Å². The molecule has 13 heavy (non-hydrogen) atoms. The van der Waals surface area contributed by atoms with Gasteiger partial charge in [-0.2, -0.15) is 0 Å². The molecular weight excluding hydrogens is 174 g/mol. The van der Waals surface area contributed by atoms with Crippen LogP contribution in [0.2, 0.25) is 0 Å². The van der Waals surface area contributed by atoms with Crippen LogP contribution < -0.4 is 0 Å². The van der Waals surface area contributed by atoms with Crippen LogP contribution in [0.3, 0.4) is 0 Å². The molecule has 0 aromatic carbocycles. The van der Waals surface area contributed by atoms with Gasteiger partial charge in [-0.15, -0.1) is 6.58 Å². The molecule has 1 rings (SSSR count). The molecule has 0 aromatic heterocycles. The topological polar surface area (TPSA) is 66.8 Å². The number of nitrogens with zero attached hydrogens (tertiary/aromatic N) is 1. The van der Waals surface area contributed by atoms with Gasteiger partial charge in [-0.1, -0.05) is 6.08 Å². The molecule has 0 aliphatic carbocycles. The zero-order chi connectivity index (χ0) is 9.84. The predicted octanol–water partition coefficient (Wildman–Crippen LogP) is 0.468. The van der Waals surface area contributed by atoms with Gasteiger partial charge in [0.2, 0.25) is 5.91 Å². The summed E-state index contributed by atoms with van der Waals surface area (Å²) in [6.07, 6.45) is -0.121. The summed E-state index contributed by atoms with van der Waals surface area (Å²) in [5.41, 5.74) is 0. The van der Waals surface area contributed by atoms with Gasteiger partial charge in [0.1, 0.15) is 6.10 Å². The zero-order valence-corrected chi connectivity index (χ0v) is 7.10. The third-order valence-electron chi connectivity index (χ3n) is 1.80. The maximum Gasteiger partial charge on any atom is 0.506 e. The second-order valence-corrected chi connectivity index (χ2v) is 2.80. The highest BCUT2D eigenvalue weighted by Gasteiger charge is 2.31. The molecule has 1 unspecified atom stereocenters. The Morgan fingerprint density at radius 3 is 3.08 bits per heavy atom. The molecule has 1 atom stereocenters. The number of likely N-dealkylation sites (tertiary alicyclic amines) is 1. The van der Waals surface area contributed by atoms with Crippen molar-refractivity contribution >= 4 is 12.1 Å². The Morgan fingerprint density at radius 1 is 1.85 bits per heavy atom. The van der Waals surface area contributed by atoms with Crippen LogP contribution in [0.1, 0.15) is 6.42 Å². The van der Waals surface area contributed by atoms with Crippen molar-refractivity contribution in [3.05, 3.63) is 12.7 Å². The van der Waals surface area contributed by atoms with Crippen molar-refractivity contribution in [3.63, 3.8) is 0 Å². The number of hydrogen-bond acceptors (Lipinski definition) is 3. The second-order valence-electron chi connectivity index (χ2n) is 2.80. The first-order valence-corrected chi connectivity index (χ1v) is 3.91. The van der Waals surface area contributed by atoms with Crippen LogP contribution in [0, 0.1) is 0 Å². The highest BCUT2D eigenvalue weighted by atomic mass is 16.7. The van der Waals surface area contributed by atoms with Gasteiger partial charge in [0.15, 0.2) is 0 Å². The minimum atomic E-state index is -1.33. The van der Waals surface area contributed by atoms with Gasteiger partial charge < -0.3 is 14.7 Å². The van der Waals surface area contributed by atoms with Crippen LogP contribution >= 0.6 is 0 Å². The van der Waals surface area contributed by atoms with Crippen molar-refractivity contribution in [1.29, 1.82) is 0 Å². The number of carboxylic acid groups (broad SMARTS) is 1. The largest absolute Gasteiger partial charge is 0.506 e. The molecule has 0 saturated carbocycles. The van der Waals surface area contributed by atoms with E-state index >= 15 is 0 Å². The standard InChI is InChI=1S/C8H11NO4/c1-2-3-9-5-6(4-7(9)10)13-8(11)12/h2,6H,1,3-5H2,(H,11,12). The van der Waals surface area contributed by atoms with Crippen molar-refractivity contribution < 1.29 is 19.4 Å². The maximum absolute atomic E-state index is 11.2. The lowest BCUT2D eigenvalue weighted by atomic mass is 10.3. The van der Waals surface area contributed by atoms with Gasteiger partial charge in [-0.25, -0.2) is 4.79 Å². The van der Waals surface area contributed by atoms with E-state index in [9.17, 15) is 9.59 Å². The molecule has 0 aromatic rings. The van der Waals surface area contributed by atoms with Crippen LogP contribution in [-0.2, 0) is 9.53 Å². The summed E-state index contributed by atoms with van der Waals surface area (Å²) >= 11 is 0. The molecule has 5 heteroatoms. The van der Waals surface area contributed by atoms with Crippen LogP contribution in [0.4, 0.5) is 4.79 Å². The van der Waals surface area contributed by atoms with Gasteiger partial charge in [0, 0.05) is 6.54 Å². The third kappa shape index (κ3) is 2.47. The summed E-state index contributed by atoms with van der Waals surface area (Å²) in [5.74, 6) is -0.0915. The molecule has 0 bridgehead atoms. The summed E-state index contributed by atoms with van der Waals surface area (Å²) in [5, 5.41) is 8.30. The first-order chi connectivity index (χ1) is 6.13. The normalized spacial score (nSPS) is 21.7. The number of ether oxygens (including phenoxy) is 1. The van der Waals surface area contributed by atoms with E-state index in [0.717, 1.165) is 0 Å². The molecular formula is C8H11NO4. The molecule has 1 amide bonds. The Kier molecular flexibility index (Phi) is 2.89. The number of carbonyl (C=O) groups excluding carboxylic acids is 1. The smallest absolute Gasteiger partial charge is 0.450 e. The van der Waals surface area contributed by atoms with Crippen molar-refractivity contribution in [2.45, 2.75) is 12.5 Å². The molecule has 1 aliphatic rings. The van der Waals surface area contributed by atoms with Gasteiger partial charge in [0.05, 0.1) is 13.0 Å². The number of amides is 1. The van der Waals surface area contributed by atoms with E-state index in [1.165, 1.54) is 4.90 Å². The summed E-state index contributed by atoms with van der Waals surface area (Å²) in [6.45, 7) is 4.27. The first kappa shape index (κ1) is 9.57. The number of carbonyl (C=O) groups is 2. The zero-order valence-electron chi connectivity index (χ0n) is 7.10. The van der Waals surface area contributed by atoms with E-state index in [1.807, 2.05) is 0 Å². The van der Waals surface area contributed by atoms with Crippen LogP contribution in [-0.4, -0.2) is 41.3 Å². The number of hydrogen-bond donors (Lipinski definition) is 1. The molecule has 1 saturated heterocycles. The Labute approximate surface area is 75.6 Å². The number of rotatable bonds is 3. The van der Waals surface area contributed by atoms with E-state index in [0.29, 0.717) is 13.1 Å². The quantitative estimate of drug-likeness (QED) is 0.512. The van der Waals surface area contributed by atoms with Gasteiger partial charge in [-0.3, -0.25) is 4.79 Å². The maximum atomic E-state index is 11.2. The lowest BCUT2D eigenvalue weighted by Gasteiger charge is -2.12. The molecule has 1 N–H and O–H groups in total. The molecule has 1 fully saturated rings. The van der Waals surface area contributed by atoms with Crippen molar-refractivity contribution in [1.82, 2.24) is 4.90 Å². The molecule has 0 spiro atoms. The molecule has 5 nitrogen and oxygen atoms in total. The lowest BCUT2D eigenvalue weighted by molar-refractivity contribution is -0.127. The summed E-state index contributed by atoms with van der Waals surface area (Å²) in [7, 11) is 0. The van der Waals surface area contributed by atoms with Crippen molar-refractivity contribution in [2.75, 3.05) is 13.1 Å². The highest BCUT2D eigenvalue weighted by Crippen LogP contribution is 2.13. The van der Waals surface area contributed by atoms with Crippen molar-refractivity contribution in [3.8, 4) is 0 Å². The summed E-state index contributed by atoms with van der Waals surface area (Å²) in [6, 6.07) is 0. The minimum absolute atomic E-state index is 0.0915. The predicted molar refractivity (Wildman–Crippen MR) is 44.3 cm³/mol. The fourth-order valence-electron chi connectivity index (χ4n) is 1.29. The fourth-order valence-corrected chi connectivity index (χ4v) is 1.29. The Balaban J connectivity index is 2.44. The highest BCUT2D eigenvalue weighted by molar-refractivity contribution is 5.79. The average molecular weight is 185 g/mol. The fraction of sp³-hybridized carbons (Fsp3) is 0.500. The monoisotopic (exact) mass is 185 g/mol. The van der Waals surface area contributed by atoms with Crippen LogP contribution in [0.5, 0.6) is 0 Å².